The molecule has 18 heavy (non-hydrogen) atoms. The van der Waals surface area contributed by atoms with E-state index in [2.05, 4.69) is 25.2 Å². The first-order valence-electron chi connectivity index (χ1n) is 6.34. The average molecular weight is 249 g/mol. The summed E-state index contributed by atoms with van der Waals surface area (Å²) in [4.78, 5) is 11.7. The minimum Gasteiger partial charge on any atom is -0.449 e. The van der Waals surface area contributed by atoms with Gasteiger partial charge in [-0.3, -0.25) is 5.32 Å². The lowest BCUT2D eigenvalue weighted by atomic mass is 9.98. The molecule has 3 heteroatoms. The van der Waals surface area contributed by atoms with Crippen LogP contribution in [0.2, 0.25) is 0 Å². The zero-order valence-corrected chi connectivity index (χ0v) is 12.2. The molecule has 0 aliphatic carbocycles. The summed E-state index contributed by atoms with van der Waals surface area (Å²) >= 11 is 0. The Labute approximate surface area is 110 Å². The maximum absolute atomic E-state index is 11.7. The molecule has 0 aromatic heterocycles. The standard InChI is InChI=1S/C15H23NO2/c1-9(2)8-18-15(17)16-14-11(4)7-10(3)12(5)13(14)6/h7,9H,8H2,1-6H3,(H,16,17). The van der Waals surface area contributed by atoms with Crippen molar-refractivity contribution in [3.05, 3.63) is 28.3 Å². The summed E-state index contributed by atoms with van der Waals surface area (Å²) in [5.41, 5.74) is 5.49. The van der Waals surface area contributed by atoms with Crippen LogP contribution in [0.25, 0.3) is 0 Å². The van der Waals surface area contributed by atoms with Gasteiger partial charge < -0.3 is 4.74 Å². The molecule has 0 aliphatic rings. The normalized spacial score (nSPS) is 10.6. The number of anilines is 1. The van der Waals surface area contributed by atoms with Gasteiger partial charge in [0.25, 0.3) is 0 Å². The number of ether oxygens (including phenoxy) is 1. The summed E-state index contributed by atoms with van der Waals surface area (Å²) in [7, 11) is 0. The SMILES string of the molecule is Cc1cc(C)c(NC(=O)OCC(C)C)c(C)c1C. The lowest BCUT2D eigenvalue weighted by Gasteiger charge is -2.16. The van der Waals surface area contributed by atoms with E-state index in [0.29, 0.717) is 12.5 Å². The molecule has 0 heterocycles. The van der Waals surface area contributed by atoms with E-state index >= 15 is 0 Å². The number of aryl methyl sites for hydroxylation is 2. The van der Waals surface area contributed by atoms with E-state index in [0.717, 1.165) is 16.8 Å². The highest BCUT2D eigenvalue weighted by atomic mass is 16.5. The second-order valence-electron chi connectivity index (χ2n) is 5.25. The van der Waals surface area contributed by atoms with E-state index in [1.165, 1.54) is 11.1 Å². The fraction of sp³-hybridized carbons (Fsp3) is 0.533. The monoisotopic (exact) mass is 249 g/mol. The summed E-state index contributed by atoms with van der Waals surface area (Å²) < 4.78 is 5.14. The molecule has 0 spiro atoms. The van der Waals surface area contributed by atoms with Crippen molar-refractivity contribution in [2.24, 2.45) is 5.92 Å². The van der Waals surface area contributed by atoms with Crippen molar-refractivity contribution in [3.8, 4) is 0 Å². The van der Waals surface area contributed by atoms with Crippen LogP contribution >= 0.6 is 0 Å². The van der Waals surface area contributed by atoms with Gasteiger partial charge in [-0.2, -0.15) is 0 Å². The third-order valence-corrected chi connectivity index (χ3v) is 3.13. The Kier molecular flexibility index (Phi) is 4.76. The van der Waals surface area contributed by atoms with Crippen LogP contribution < -0.4 is 5.32 Å². The van der Waals surface area contributed by atoms with Crippen molar-refractivity contribution in [2.75, 3.05) is 11.9 Å². The Morgan fingerprint density at radius 1 is 1.17 bits per heavy atom. The van der Waals surface area contributed by atoms with Gasteiger partial charge >= 0.3 is 6.09 Å². The first kappa shape index (κ1) is 14.6. The summed E-state index contributed by atoms with van der Waals surface area (Å²) in [6.45, 7) is 12.6. The predicted octanol–water partition coefficient (Wildman–Crippen LogP) is 4.12. The Morgan fingerprint density at radius 3 is 2.33 bits per heavy atom. The van der Waals surface area contributed by atoms with E-state index in [9.17, 15) is 4.79 Å². The van der Waals surface area contributed by atoms with Gasteiger partial charge in [-0.25, -0.2) is 4.79 Å². The average Bonchev–Trinajstić information content (AvgIpc) is 2.29. The van der Waals surface area contributed by atoms with Crippen LogP contribution in [0.1, 0.15) is 36.1 Å². The first-order valence-corrected chi connectivity index (χ1v) is 6.34. The van der Waals surface area contributed by atoms with Crippen LogP contribution in [-0.2, 0) is 4.74 Å². The third-order valence-electron chi connectivity index (χ3n) is 3.13. The molecule has 0 saturated carbocycles. The van der Waals surface area contributed by atoms with Gasteiger partial charge in [-0.1, -0.05) is 19.9 Å². The van der Waals surface area contributed by atoms with Crippen LogP contribution in [0.3, 0.4) is 0 Å². The lowest BCUT2D eigenvalue weighted by Crippen LogP contribution is -2.18. The molecule has 100 valence electrons. The maximum Gasteiger partial charge on any atom is 0.411 e. The van der Waals surface area contributed by atoms with E-state index in [-0.39, 0.29) is 6.09 Å². The van der Waals surface area contributed by atoms with E-state index in [1.54, 1.807) is 0 Å². The summed E-state index contributed by atoms with van der Waals surface area (Å²) in [6.07, 6.45) is -0.377. The number of carbonyl (C=O) groups is 1. The van der Waals surface area contributed by atoms with Crippen molar-refractivity contribution < 1.29 is 9.53 Å². The summed E-state index contributed by atoms with van der Waals surface area (Å²) in [5, 5.41) is 2.84. The van der Waals surface area contributed by atoms with Gasteiger partial charge in [0.15, 0.2) is 0 Å². The Morgan fingerprint density at radius 2 is 1.78 bits per heavy atom. The zero-order chi connectivity index (χ0) is 13.9. The third kappa shape index (κ3) is 3.49. The minimum atomic E-state index is -0.377. The molecule has 1 aromatic rings. The van der Waals surface area contributed by atoms with Gasteiger partial charge in [0.05, 0.1) is 12.3 Å². The molecule has 0 bridgehead atoms. The van der Waals surface area contributed by atoms with Crippen LogP contribution in [0, 0.1) is 33.6 Å². The lowest BCUT2D eigenvalue weighted by molar-refractivity contribution is 0.147. The minimum absolute atomic E-state index is 0.345. The highest BCUT2D eigenvalue weighted by Gasteiger charge is 2.12. The van der Waals surface area contributed by atoms with E-state index in [4.69, 9.17) is 4.74 Å². The maximum atomic E-state index is 11.7. The molecular formula is C15H23NO2. The molecule has 0 saturated heterocycles. The van der Waals surface area contributed by atoms with E-state index < -0.39 is 0 Å². The second kappa shape index (κ2) is 5.89. The molecule has 0 fully saturated rings. The van der Waals surface area contributed by atoms with Crippen molar-refractivity contribution in [1.29, 1.82) is 0 Å². The molecule has 0 aliphatic heterocycles. The van der Waals surface area contributed by atoms with Crippen LogP contribution in [0.5, 0.6) is 0 Å². The predicted molar refractivity (Wildman–Crippen MR) is 75.2 cm³/mol. The van der Waals surface area contributed by atoms with Gasteiger partial charge in [-0.15, -0.1) is 0 Å². The Balaban J connectivity index is 2.85. The topological polar surface area (TPSA) is 38.3 Å². The van der Waals surface area contributed by atoms with Crippen LogP contribution in [-0.4, -0.2) is 12.7 Å². The number of nitrogens with one attached hydrogen (secondary N) is 1. The number of rotatable bonds is 3. The van der Waals surface area contributed by atoms with Gasteiger partial charge in [0.1, 0.15) is 0 Å². The summed E-state index contributed by atoms with van der Waals surface area (Å²) in [5.74, 6) is 0.345. The Bertz CT molecular complexity index is 450. The fourth-order valence-electron chi connectivity index (χ4n) is 1.86. The Hall–Kier alpha value is -1.51. The zero-order valence-electron chi connectivity index (χ0n) is 12.2. The first-order chi connectivity index (χ1) is 8.32. The smallest absolute Gasteiger partial charge is 0.411 e. The molecule has 0 atom stereocenters. The molecule has 1 rings (SSSR count). The van der Waals surface area contributed by atoms with Crippen molar-refractivity contribution in [2.45, 2.75) is 41.5 Å². The van der Waals surface area contributed by atoms with Gasteiger partial charge in [0.2, 0.25) is 0 Å². The molecular weight excluding hydrogens is 226 g/mol. The molecule has 0 unspecified atom stereocenters. The highest BCUT2D eigenvalue weighted by Crippen LogP contribution is 2.26. The quantitative estimate of drug-likeness (QED) is 0.874. The fourth-order valence-corrected chi connectivity index (χ4v) is 1.86. The molecule has 0 radical (unpaired) electrons. The van der Waals surface area contributed by atoms with Crippen LogP contribution in [0.4, 0.5) is 10.5 Å². The number of hydrogen-bond acceptors (Lipinski definition) is 2. The highest BCUT2D eigenvalue weighted by molar-refractivity contribution is 5.87. The van der Waals surface area contributed by atoms with E-state index in [1.807, 2.05) is 27.7 Å². The molecule has 3 nitrogen and oxygen atoms in total. The number of amides is 1. The molecule has 1 aromatic carbocycles. The summed E-state index contributed by atoms with van der Waals surface area (Å²) in [6, 6.07) is 2.08. The van der Waals surface area contributed by atoms with Crippen LogP contribution in [0.15, 0.2) is 6.07 Å². The molecule has 1 N–H and O–H groups in total. The van der Waals surface area contributed by atoms with Crippen molar-refractivity contribution >= 4 is 11.8 Å². The second-order valence-corrected chi connectivity index (χ2v) is 5.25. The van der Waals surface area contributed by atoms with Crippen molar-refractivity contribution in [1.82, 2.24) is 0 Å². The largest absolute Gasteiger partial charge is 0.449 e. The number of benzene rings is 1. The van der Waals surface area contributed by atoms with Gasteiger partial charge in [0, 0.05) is 0 Å². The molecule has 1 amide bonds. The number of hydrogen-bond donors (Lipinski definition) is 1. The van der Waals surface area contributed by atoms with Gasteiger partial charge in [-0.05, 0) is 55.9 Å². The van der Waals surface area contributed by atoms with Crippen molar-refractivity contribution in [3.63, 3.8) is 0 Å². The number of carbonyl (C=O) groups excluding carboxylic acids is 1.